The van der Waals surface area contributed by atoms with E-state index in [0.29, 0.717) is 18.3 Å². The fraction of sp³-hybridized carbons (Fsp3) is 0.455. The quantitative estimate of drug-likeness (QED) is 0.777. The third kappa shape index (κ3) is 2.33. The van der Waals surface area contributed by atoms with E-state index >= 15 is 0 Å². The van der Waals surface area contributed by atoms with E-state index in [9.17, 15) is 4.79 Å². The summed E-state index contributed by atoms with van der Waals surface area (Å²) in [6.07, 6.45) is 2.68. The second-order valence-electron chi connectivity index (χ2n) is 4.06. The van der Waals surface area contributed by atoms with Gasteiger partial charge in [-0.2, -0.15) is 0 Å². The van der Waals surface area contributed by atoms with E-state index < -0.39 is 0 Å². The maximum absolute atomic E-state index is 11.6. The monoisotopic (exact) mass is 205 g/mol. The van der Waals surface area contributed by atoms with Crippen LogP contribution >= 0.6 is 0 Å². The second-order valence-corrected chi connectivity index (χ2v) is 4.06. The van der Waals surface area contributed by atoms with Crippen molar-refractivity contribution in [2.75, 3.05) is 5.32 Å². The van der Waals surface area contributed by atoms with Crippen LogP contribution in [0.1, 0.15) is 18.9 Å². The summed E-state index contributed by atoms with van der Waals surface area (Å²) in [7, 11) is 0. The van der Waals surface area contributed by atoms with Gasteiger partial charge in [-0.05, 0) is 24.0 Å². The van der Waals surface area contributed by atoms with Crippen LogP contribution in [0.5, 0.6) is 0 Å². The van der Waals surface area contributed by atoms with E-state index in [1.165, 1.54) is 0 Å². The number of aromatic nitrogens is 1. The van der Waals surface area contributed by atoms with E-state index in [4.69, 9.17) is 5.73 Å². The Bertz CT molecular complexity index is 361. The van der Waals surface area contributed by atoms with Crippen LogP contribution in [-0.2, 0) is 11.3 Å². The minimum atomic E-state index is 0.0792. The number of amides is 1. The van der Waals surface area contributed by atoms with Crippen LogP contribution in [0.3, 0.4) is 0 Å². The summed E-state index contributed by atoms with van der Waals surface area (Å²) in [5.41, 5.74) is 6.42. The first-order chi connectivity index (χ1) is 7.20. The molecule has 0 saturated heterocycles. The Balaban J connectivity index is 1.95. The lowest BCUT2D eigenvalue weighted by atomic mass is 10.3. The van der Waals surface area contributed by atoms with Crippen molar-refractivity contribution < 1.29 is 4.79 Å². The van der Waals surface area contributed by atoms with Gasteiger partial charge in [-0.25, -0.2) is 4.98 Å². The molecule has 0 bridgehead atoms. The van der Waals surface area contributed by atoms with Crippen LogP contribution in [0.4, 0.5) is 5.82 Å². The van der Waals surface area contributed by atoms with Gasteiger partial charge in [-0.1, -0.05) is 13.0 Å². The van der Waals surface area contributed by atoms with E-state index in [1.54, 1.807) is 12.3 Å². The van der Waals surface area contributed by atoms with E-state index in [0.717, 1.165) is 12.0 Å². The average Bonchev–Trinajstić information content (AvgIpc) is 2.97. The van der Waals surface area contributed by atoms with Crippen LogP contribution in [0.25, 0.3) is 0 Å². The van der Waals surface area contributed by atoms with Crippen molar-refractivity contribution >= 4 is 11.7 Å². The van der Waals surface area contributed by atoms with Crippen molar-refractivity contribution in [2.45, 2.75) is 19.9 Å². The van der Waals surface area contributed by atoms with Crippen molar-refractivity contribution in [3.8, 4) is 0 Å². The zero-order valence-corrected chi connectivity index (χ0v) is 8.73. The van der Waals surface area contributed by atoms with Crippen LogP contribution < -0.4 is 11.1 Å². The maximum atomic E-state index is 11.6. The molecule has 1 heterocycles. The molecule has 0 spiro atoms. The number of nitrogens with zero attached hydrogens (tertiary/aromatic N) is 1. The smallest absolute Gasteiger partial charge is 0.228 e. The van der Waals surface area contributed by atoms with Crippen molar-refractivity contribution in [2.24, 2.45) is 17.6 Å². The predicted octanol–water partition coefficient (Wildman–Crippen LogP) is 1.13. The second kappa shape index (κ2) is 3.98. The molecule has 1 fully saturated rings. The van der Waals surface area contributed by atoms with Gasteiger partial charge in [0.15, 0.2) is 0 Å². The minimum absolute atomic E-state index is 0.0792. The summed E-state index contributed by atoms with van der Waals surface area (Å²) in [5.74, 6) is 1.39. The van der Waals surface area contributed by atoms with Gasteiger partial charge in [-0.15, -0.1) is 0 Å². The molecule has 0 radical (unpaired) electrons. The number of hydrogen-bond donors (Lipinski definition) is 2. The summed E-state index contributed by atoms with van der Waals surface area (Å²) in [6.45, 7) is 2.55. The van der Waals surface area contributed by atoms with Crippen LogP contribution in [0, 0.1) is 11.8 Å². The number of nitrogens with two attached hydrogens (primary N) is 1. The highest BCUT2D eigenvalue weighted by atomic mass is 16.2. The Morgan fingerprint density at radius 3 is 2.87 bits per heavy atom. The zero-order chi connectivity index (χ0) is 10.8. The fourth-order valence-corrected chi connectivity index (χ4v) is 1.53. The van der Waals surface area contributed by atoms with Gasteiger partial charge in [0.05, 0.1) is 0 Å². The lowest BCUT2D eigenvalue weighted by molar-refractivity contribution is -0.117. The van der Waals surface area contributed by atoms with Gasteiger partial charge in [0, 0.05) is 18.7 Å². The Morgan fingerprint density at radius 2 is 2.40 bits per heavy atom. The minimum Gasteiger partial charge on any atom is -0.326 e. The first-order valence-electron chi connectivity index (χ1n) is 5.16. The molecule has 15 heavy (non-hydrogen) atoms. The molecule has 1 aliphatic rings. The molecule has 4 heteroatoms. The molecule has 1 aliphatic carbocycles. The third-order valence-electron chi connectivity index (χ3n) is 2.76. The molecule has 4 nitrogen and oxygen atoms in total. The summed E-state index contributed by atoms with van der Waals surface area (Å²) < 4.78 is 0. The van der Waals surface area contributed by atoms with Gasteiger partial charge in [-0.3, -0.25) is 4.79 Å². The molecule has 80 valence electrons. The normalized spacial score (nSPS) is 23.6. The van der Waals surface area contributed by atoms with Gasteiger partial charge >= 0.3 is 0 Å². The molecule has 2 rings (SSSR count). The summed E-state index contributed by atoms with van der Waals surface area (Å²) in [4.78, 5) is 15.7. The lowest BCUT2D eigenvalue weighted by Gasteiger charge is -2.03. The number of pyridine rings is 1. The summed E-state index contributed by atoms with van der Waals surface area (Å²) >= 11 is 0. The van der Waals surface area contributed by atoms with Crippen molar-refractivity contribution in [1.29, 1.82) is 0 Å². The van der Waals surface area contributed by atoms with E-state index in [1.807, 2.05) is 6.07 Å². The average molecular weight is 205 g/mol. The van der Waals surface area contributed by atoms with Gasteiger partial charge < -0.3 is 11.1 Å². The molecule has 0 aliphatic heterocycles. The molecule has 2 unspecified atom stereocenters. The number of nitrogens with one attached hydrogen (secondary N) is 1. The molecule has 3 N–H and O–H groups in total. The van der Waals surface area contributed by atoms with Crippen molar-refractivity contribution in [1.82, 2.24) is 4.98 Å². The molecular formula is C11H15N3O. The van der Waals surface area contributed by atoms with E-state index in [-0.39, 0.29) is 11.8 Å². The number of anilines is 1. The first-order valence-corrected chi connectivity index (χ1v) is 5.16. The third-order valence-corrected chi connectivity index (χ3v) is 2.76. The van der Waals surface area contributed by atoms with Crippen molar-refractivity contribution in [3.05, 3.63) is 23.9 Å². The Labute approximate surface area is 88.9 Å². The van der Waals surface area contributed by atoms with Crippen molar-refractivity contribution in [3.63, 3.8) is 0 Å². The van der Waals surface area contributed by atoms with Crippen LogP contribution in [-0.4, -0.2) is 10.9 Å². The number of hydrogen-bond acceptors (Lipinski definition) is 3. The fourth-order valence-electron chi connectivity index (χ4n) is 1.53. The highest BCUT2D eigenvalue weighted by Crippen LogP contribution is 2.38. The number of carbonyl (C=O) groups excluding carboxylic acids is 1. The van der Waals surface area contributed by atoms with Crippen LogP contribution in [0.2, 0.25) is 0 Å². The Hall–Kier alpha value is -1.42. The largest absolute Gasteiger partial charge is 0.326 e. The summed E-state index contributed by atoms with van der Waals surface area (Å²) in [6, 6.07) is 3.66. The molecule has 2 atom stereocenters. The standard InChI is InChI=1S/C11H15N3O/c1-7-4-9(7)11(15)14-10-3-2-8(5-12)6-13-10/h2-3,6-7,9H,4-5,12H2,1H3,(H,13,14,15). The van der Waals surface area contributed by atoms with Gasteiger partial charge in [0.2, 0.25) is 5.91 Å². The zero-order valence-electron chi connectivity index (χ0n) is 8.73. The SMILES string of the molecule is CC1CC1C(=O)Nc1ccc(CN)cn1. The lowest BCUT2D eigenvalue weighted by Crippen LogP contribution is -2.15. The number of carbonyl (C=O) groups is 1. The first kappa shape index (κ1) is 10.1. The maximum Gasteiger partial charge on any atom is 0.228 e. The van der Waals surface area contributed by atoms with E-state index in [2.05, 4.69) is 17.2 Å². The van der Waals surface area contributed by atoms with Gasteiger partial charge in [0.25, 0.3) is 0 Å². The number of rotatable bonds is 3. The molecule has 1 aromatic rings. The highest BCUT2D eigenvalue weighted by molar-refractivity contribution is 5.93. The summed E-state index contributed by atoms with van der Waals surface area (Å²) in [5, 5.41) is 2.79. The Morgan fingerprint density at radius 1 is 1.67 bits per heavy atom. The topological polar surface area (TPSA) is 68.0 Å². The predicted molar refractivity (Wildman–Crippen MR) is 58.0 cm³/mol. The van der Waals surface area contributed by atoms with Crippen LogP contribution in [0.15, 0.2) is 18.3 Å². The molecule has 1 saturated carbocycles. The molecule has 1 aromatic heterocycles. The Kier molecular flexibility index (Phi) is 2.68. The van der Waals surface area contributed by atoms with Gasteiger partial charge in [0.1, 0.15) is 5.82 Å². The highest BCUT2D eigenvalue weighted by Gasteiger charge is 2.39. The molecule has 0 aromatic carbocycles. The molecule has 1 amide bonds. The molecular weight excluding hydrogens is 190 g/mol.